The van der Waals surface area contributed by atoms with Crippen LogP contribution in [-0.2, 0) is 0 Å². The van der Waals surface area contributed by atoms with Crippen molar-refractivity contribution < 1.29 is 28.7 Å². The molecule has 2 aromatic rings. The highest BCUT2D eigenvalue weighted by atomic mass is 127. The number of hydrogen-bond donors (Lipinski definition) is 1. The summed E-state index contributed by atoms with van der Waals surface area (Å²) in [5.74, 6) is 0.755. The Morgan fingerprint density at radius 1 is 1.28 bits per heavy atom. The fraction of sp³-hybridized carbons (Fsp3) is 0.250. The topological polar surface area (TPSA) is 44.9 Å². The average Bonchev–Trinajstić information content (AvgIpc) is 2.41. The Morgan fingerprint density at radius 3 is 2.61 bits per heavy atom. The quantitative estimate of drug-likeness (QED) is 0.513. The minimum absolute atomic E-state index is 0. The first-order valence-corrected chi connectivity index (χ1v) is 5.59. The predicted molar refractivity (Wildman–Crippen MR) is 66.6 cm³/mol. The molecule has 0 fully saturated rings. The lowest BCUT2D eigenvalue weighted by molar-refractivity contribution is -0.675. The molecule has 2 rings (SSSR count). The number of hydrogen-bond acceptors (Lipinski definition) is 4. The lowest BCUT2D eigenvalue weighted by Crippen LogP contribution is -3.00. The van der Waals surface area contributed by atoms with Gasteiger partial charge in [0.2, 0.25) is 12.7 Å². The Hall–Kier alpha value is -1.44. The number of para-hydroxylation sites is 1. The molecule has 0 atom stereocenters. The van der Waals surface area contributed by atoms with Crippen LogP contribution in [0, 0.1) is 0 Å². The molecule has 0 unspecified atom stereocenters. The maximum atomic E-state index is 4.19. The van der Waals surface area contributed by atoms with Crippen molar-refractivity contribution in [2.75, 3.05) is 23.9 Å². The van der Waals surface area contributed by atoms with E-state index in [0.717, 1.165) is 18.2 Å². The smallest absolute Gasteiger partial charge is 0.371 e. The van der Waals surface area contributed by atoms with Crippen LogP contribution >= 0.6 is 0 Å². The van der Waals surface area contributed by atoms with Gasteiger partial charge in [-0.25, -0.2) is 5.01 Å². The summed E-state index contributed by atoms with van der Waals surface area (Å²) in [5, 5.41) is 5.14. The van der Waals surface area contributed by atoms with E-state index in [2.05, 4.69) is 39.4 Å². The number of nitrogens with zero attached hydrogens (tertiary/aromatic N) is 4. The Kier molecular flexibility index (Phi) is 5.76. The van der Waals surface area contributed by atoms with Gasteiger partial charge in [0.15, 0.2) is 0 Å². The number of nitrogens with one attached hydrogen (secondary N) is 1. The first-order chi connectivity index (χ1) is 8.36. The molecule has 0 radical (unpaired) electrons. The standard InChI is InChI=1S/C12H15N5.HI/c1-3-16(11-7-5-4-6-8-11)17-10-14-9-15-12(17)13-2;/h4-10H,3H2,1-2H3;1H. The molecule has 1 aromatic carbocycles. The maximum Gasteiger partial charge on any atom is 0.371 e. The highest BCUT2D eigenvalue weighted by molar-refractivity contribution is 5.43. The number of aromatic nitrogens is 3. The van der Waals surface area contributed by atoms with Crippen molar-refractivity contribution >= 4 is 11.6 Å². The molecule has 6 heteroatoms. The second-order valence-electron chi connectivity index (χ2n) is 3.48. The molecular formula is C12H16IN5. The van der Waals surface area contributed by atoms with Crippen LogP contribution in [0.15, 0.2) is 43.0 Å². The second-order valence-corrected chi connectivity index (χ2v) is 3.48. The van der Waals surface area contributed by atoms with Gasteiger partial charge >= 0.3 is 5.95 Å². The van der Waals surface area contributed by atoms with Crippen molar-refractivity contribution in [1.82, 2.24) is 9.97 Å². The molecule has 1 aromatic heterocycles. The molecule has 1 N–H and O–H groups in total. The lowest BCUT2D eigenvalue weighted by atomic mass is 10.3. The van der Waals surface area contributed by atoms with Crippen LogP contribution in [0.4, 0.5) is 11.6 Å². The van der Waals surface area contributed by atoms with E-state index in [9.17, 15) is 0 Å². The zero-order chi connectivity index (χ0) is 12.1. The molecule has 1 heterocycles. The van der Waals surface area contributed by atoms with Gasteiger partial charge in [0.05, 0.1) is 5.69 Å². The SMILES string of the molecule is CCN(c1ccccc1)[n+]1cncnc1NC.[I-]. The maximum absolute atomic E-state index is 4.19. The molecule has 0 amide bonds. The molecule has 0 aliphatic heterocycles. The van der Waals surface area contributed by atoms with E-state index in [1.807, 2.05) is 29.9 Å². The van der Waals surface area contributed by atoms with Gasteiger partial charge in [-0.15, -0.1) is 9.66 Å². The van der Waals surface area contributed by atoms with Gasteiger partial charge in [0.25, 0.3) is 0 Å². The van der Waals surface area contributed by atoms with Gasteiger partial charge in [0, 0.05) is 13.6 Å². The third-order valence-corrected chi connectivity index (χ3v) is 2.48. The van der Waals surface area contributed by atoms with Crippen LogP contribution in [0.25, 0.3) is 0 Å². The van der Waals surface area contributed by atoms with Crippen molar-refractivity contribution in [1.29, 1.82) is 0 Å². The fourth-order valence-corrected chi connectivity index (χ4v) is 1.71. The van der Waals surface area contributed by atoms with Crippen LogP contribution in [0.2, 0.25) is 0 Å². The Balaban J connectivity index is 0.00000162. The number of benzene rings is 1. The highest BCUT2D eigenvalue weighted by Crippen LogP contribution is 2.10. The van der Waals surface area contributed by atoms with Gasteiger partial charge in [-0.1, -0.05) is 23.2 Å². The van der Waals surface area contributed by atoms with Crippen molar-refractivity contribution in [2.45, 2.75) is 6.92 Å². The van der Waals surface area contributed by atoms with Crippen LogP contribution in [0.5, 0.6) is 0 Å². The van der Waals surface area contributed by atoms with Crippen molar-refractivity contribution in [3.05, 3.63) is 43.0 Å². The van der Waals surface area contributed by atoms with Crippen LogP contribution in [0.3, 0.4) is 0 Å². The van der Waals surface area contributed by atoms with Crippen LogP contribution in [0.1, 0.15) is 6.92 Å². The first kappa shape index (κ1) is 14.6. The van der Waals surface area contributed by atoms with E-state index in [1.165, 1.54) is 6.33 Å². The fourth-order valence-electron chi connectivity index (χ4n) is 1.71. The van der Waals surface area contributed by atoms with E-state index in [-0.39, 0.29) is 24.0 Å². The van der Waals surface area contributed by atoms with Gasteiger partial charge in [-0.3, -0.25) is 5.32 Å². The van der Waals surface area contributed by atoms with E-state index in [0.29, 0.717) is 0 Å². The Labute approximate surface area is 124 Å². The molecule has 5 nitrogen and oxygen atoms in total. The molecule has 0 spiro atoms. The van der Waals surface area contributed by atoms with Crippen molar-refractivity contribution in [2.24, 2.45) is 0 Å². The van der Waals surface area contributed by atoms with E-state index in [1.54, 1.807) is 6.33 Å². The van der Waals surface area contributed by atoms with Gasteiger partial charge in [-0.2, -0.15) is 0 Å². The number of rotatable bonds is 4. The van der Waals surface area contributed by atoms with E-state index >= 15 is 0 Å². The summed E-state index contributed by atoms with van der Waals surface area (Å²) in [6.07, 6.45) is 3.27. The minimum atomic E-state index is 0. The molecule has 96 valence electrons. The summed E-state index contributed by atoms with van der Waals surface area (Å²) < 4.78 is 1.90. The zero-order valence-corrected chi connectivity index (χ0v) is 12.6. The monoisotopic (exact) mass is 357 g/mol. The van der Waals surface area contributed by atoms with Crippen LogP contribution in [-0.4, -0.2) is 23.6 Å². The number of halogens is 1. The largest absolute Gasteiger partial charge is 1.00 e. The summed E-state index contributed by atoms with van der Waals surface area (Å²) in [6.45, 7) is 2.92. The van der Waals surface area contributed by atoms with Crippen molar-refractivity contribution in [3.63, 3.8) is 0 Å². The molecular weight excluding hydrogens is 341 g/mol. The third kappa shape index (κ3) is 3.06. The summed E-state index contributed by atoms with van der Waals surface area (Å²) in [7, 11) is 1.84. The Morgan fingerprint density at radius 2 is 2.00 bits per heavy atom. The third-order valence-electron chi connectivity index (χ3n) is 2.48. The molecule has 0 saturated carbocycles. The molecule has 0 saturated heterocycles. The summed E-state index contributed by atoms with van der Waals surface area (Å²) in [5.41, 5.74) is 1.10. The highest BCUT2D eigenvalue weighted by Gasteiger charge is 2.14. The zero-order valence-electron chi connectivity index (χ0n) is 10.4. The first-order valence-electron chi connectivity index (χ1n) is 5.59. The summed E-state index contributed by atoms with van der Waals surface area (Å²) in [6, 6.07) is 10.1. The van der Waals surface area contributed by atoms with E-state index < -0.39 is 0 Å². The molecule has 0 aliphatic rings. The lowest BCUT2D eigenvalue weighted by Gasteiger charge is -2.21. The van der Waals surface area contributed by atoms with E-state index in [4.69, 9.17) is 0 Å². The van der Waals surface area contributed by atoms with Gasteiger partial charge in [0.1, 0.15) is 0 Å². The molecule has 0 aliphatic carbocycles. The predicted octanol–water partition coefficient (Wildman–Crippen LogP) is -1.90. The average molecular weight is 357 g/mol. The van der Waals surface area contributed by atoms with Crippen LogP contribution < -0.4 is 39.0 Å². The second kappa shape index (κ2) is 7.10. The molecule has 0 bridgehead atoms. The van der Waals surface area contributed by atoms with Gasteiger partial charge in [-0.05, 0) is 19.1 Å². The Bertz CT molecular complexity index is 477. The normalized spacial score (nSPS) is 9.44. The summed E-state index contributed by atoms with van der Waals surface area (Å²) >= 11 is 0. The van der Waals surface area contributed by atoms with Crippen molar-refractivity contribution in [3.8, 4) is 0 Å². The summed E-state index contributed by atoms with van der Waals surface area (Å²) in [4.78, 5) is 8.25. The van der Waals surface area contributed by atoms with Gasteiger partial charge < -0.3 is 24.0 Å². The number of anilines is 2. The molecule has 18 heavy (non-hydrogen) atoms. The minimum Gasteiger partial charge on any atom is -1.00 e.